The lowest BCUT2D eigenvalue weighted by molar-refractivity contribution is -0.117. The SMILES string of the molecule is Cc1ccc(S(=O)(=O)N2CCN(CC(=O)Nc3cc(C)nn3C)CC2)cc1. The molecule has 2 heterocycles. The van der Waals surface area contributed by atoms with E-state index in [4.69, 9.17) is 0 Å². The van der Waals surface area contributed by atoms with Crippen molar-refractivity contribution >= 4 is 21.7 Å². The maximum Gasteiger partial charge on any atom is 0.243 e. The van der Waals surface area contributed by atoms with Crippen LogP contribution in [0.4, 0.5) is 5.82 Å². The molecule has 1 aromatic carbocycles. The number of aromatic nitrogens is 2. The van der Waals surface area contributed by atoms with Crippen LogP contribution in [0.15, 0.2) is 35.2 Å². The van der Waals surface area contributed by atoms with Crippen LogP contribution < -0.4 is 5.32 Å². The van der Waals surface area contributed by atoms with E-state index < -0.39 is 10.0 Å². The van der Waals surface area contributed by atoms with Gasteiger partial charge in [-0.3, -0.25) is 14.4 Å². The third kappa shape index (κ3) is 4.55. The Hall–Kier alpha value is -2.23. The van der Waals surface area contributed by atoms with Crippen LogP contribution in [0, 0.1) is 13.8 Å². The molecule has 0 unspecified atom stereocenters. The van der Waals surface area contributed by atoms with Crippen molar-refractivity contribution in [3.8, 4) is 0 Å². The van der Waals surface area contributed by atoms with E-state index in [0.717, 1.165) is 11.3 Å². The normalized spacial score (nSPS) is 16.4. The lowest BCUT2D eigenvalue weighted by atomic mass is 10.2. The highest BCUT2D eigenvalue weighted by atomic mass is 32.2. The summed E-state index contributed by atoms with van der Waals surface area (Å²) in [6, 6.07) is 8.69. The van der Waals surface area contributed by atoms with Crippen LogP contribution >= 0.6 is 0 Å². The second kappa shape index (κ2) is 7.79. The Labute approximate surface area is 159 Å². The highest BCUT2D eigenvalue weighted by Crippen LogP contribution is 2.18. The van der Waals surface area contributed by atoms with Gasteiger partial charge in [-0.25, -0.2) is 8.42 Å². The van der Waals surface area contributed by atoms with Gasteiger partial charge in [0.25, 0.3) is 0 Å². The van der Waals surface area contributed by atoms with Crippen molar-refractivity contribution in [1.29, 1.82) is 0 Å². The number of nitrogens with one attached hydrogen (secondary N) is 1. The summed E-state index contributed by atoms with van der Waals surface area (Å²) in [6.07, 6.45) is 0. The number of carbonyl (C=O) groups excluding carboxylic acids is 1. The minimum Gasteiger partial charge on any atom is -0.310 e. The van der Waals surface area contributed by atoms with Crippen LogP contribution in [0.1, 0.15) is 11.3 Å². The molecule has 27 heavy (non-hydrogen) atoms. The van der Waals surface area contributed by atoms with Crippen LogP contribution in [0.3, 0.4) is 0 Å². The number of hydrogen-bond acceptors (Lipinski definition) is 5. The van der Waals surface area contributed by atoms with Crippen LogP contribution in [0.2, 0.25) is 0 Å². The molecular formula is C18H25N5O3S. The quantitative estimate of drug-likeness (QED) is 0.821. The van der Waals surface area contributed by atoms with Gasteiger partial charge in [-0.15, -0.1) is 0 Å². The molecule has 0 radical (unpaired) electrons. The minimum absolute atomic E-state index is 0.132. The first-order valence-corrected chi connectivity index (χ1v) is 10.3. The first-order valence-electron chi connectivity index (χ1n) is 8.85. The van der Waals surface area contributed by atoms with Crippen molar-refractivity contribution in [2.24, 2.45) is 7.05 Å². The molecule has 8 nitrogen and oxygen atoms in total. The van der Waals surface area contributed by atoms with Crippen LogP contribution in [0.5, 0.6) is 0 Å². The first kappa shape index (κ1) is 19.5. The molecule has 146 valence electrons. The van der Waals surface area contributed by atoms with Gasteiger partial charge in [-0.05, 0) is 26.0 Å². The van der Waals surface area contributed by atoms with E-state index in [-0.39, 0.29) is 12.5 Å². The monoisotopic (exact) mass is 391 g/mol. The number of piperazine rings is 1. The fourth-order valence-electron chi connectivity index (χ4n) is 3.10. The van der Waals surface area contributed by atoms with Gasteiger partial charge in [0.15, 0.2) is 0 Å². The Morgan fingerprint density at radius 2 is 1.74 bits per heavy atom. The molecule has 1 amide bonds. The topological polar surface area (TPSA) is 87.5 Å². The Balaban J connectivity index is 1.54. The average molecular weight is 391 g/mol. The zero-order valence-electron chi connectivity index (χ0n) is 15.8. The van der Waals surface area contributed by atoms with E-state index >= 15 is 0 Å². The summed E-state index contributed by atoms with van der Waals surface area (Å²) in [5.41, 5.74) is 1.86. The van der Waals surface area contributed by atoms with Gasteiger partial charge in [0.1, 0.15) is 5.82 Å². The van der Waals surface area contributed by atoms with Crippen molar-refractivity contribution < 1.29 is 13.2 Å². The standard InChI is InChI=1S/C18H25N5O3S/c1-14-4-6-16(7-5-14)27(25,26)23-10-8-22(9-11-23)13-18(24)19-17-12-15(2)20-21(17)3/h4-7,12H,8-11,13H2,1-3H3,(H,19,24). The molecule has 2 aromatic rings. The molecule has 1 N–H and O–H groups in total. The van der Waals surface area contributed by atoms with Crippen molar-refractivity contribution in [1.82, 2.24) is 19.0 Å². The summed E-state index contributed by atoms with van der Waals surface area (Å²) in [5.74, 6) is 0.519. The molecule has 1 aliphatic rings. The highest BCUT2D eigenvalue weighted by molar-refractivity contribution is 7.89. The summed E-state index contributed by atoms with van der Waals surface area (Å²) in [7, 11) is -1.71. The minimum atomic E-state index is -3.49. The van der Waals surface area contributed by atoms with Crippen molar-refractivity contribution in [2.75, 3.05) is 38.0 Å². The fraction of sp³-hybridized carbons (Fsp3) is 0.444. The van der Waals surface area contributed by atoms with Gasteiger partial charge in [0, 0.05) is 39.3 Å². The van der Waals surface area contributed by atoms with Crippen LogP contribution in [-0.4, -0.2) is 66.0 Å². The summed E-state index contributed by atoms with van der Waals surface area (Å²) in [4.78, 5) is 14.5. The van der Waals surface area contributed by atoms with E-state index in [1.165, 1.54) is 4.31 Å². The number of nitrogens with zero attached hydrogens (tertiary/aromatic N) is 4. The molecule has 0 spiro atoms. The molecule has 1 fully saturated rings. The number of amides is 1. The Bertz CT molecular complexity index is 913. The predicted molar refractivity (Wildman–Crippen MR) is 103 cm³/mol. The van der Waals surface area contributed by atoms with E-state index in [0.29, 0.717) is 36.9 Å². The van der Waals surface area contributed by atoms with Gasteiger partial charge in [-0.2, -0.15) is 9.40 Å². The molecule has 1 aliphatic heterocycles. The lowest BCUT2D eigenvalue weighted by Gasteiger charge is -2.33. The number of sulfonamides is 1. The van der Waals surface area contributed by atoms with Crippen LogP contribution in [0.25, 0.3) is 0 Å². The van der Waals surface area contributed by atoms with E-state index in [2.05, 4.69) is 10.4 Å². The van der Waals surface area contributed by atoms with Crippen molar-refractivity contribution in [2.45, 2.75) is 18.7 Å². The molecule has 0 aliphatic carbocycles. The Morgan fingerprint density at radius 1 is 1.11 bits per heavy atom. The van der Waals surface area contributed by atoms with Gasteiger partial charge in [0.05, 0.1) is 17.1 Å². The van der Waals surface area contributed by atoms with E-state index in [9.17, 15) is 13.2 Å². The predicted octanol–water partition coefficient (Wildman–Crippen LogP) is 0.982. The molecule has 0 saturated carbocycles. The number of rotatable bonds is 5. The maximum absolute atomic E-state index is 12.7. The molecule has 3 rings (SSSR count). The summed E-state index contributed by atoms with van der Waals surface area (Å²) >= 11 is 0. The van der Waals surface area contributed by atoms with Gasteiger partial charge >= 0.3 is 0 Å². The van der Waals surface area contributed by atoms with Gasteiger partial charge in [-0.1, -0.05) is 17.7 Å². The fourth-order valence-corrected chi connectivity index (χ4v) is 4.52. The third-order valence-electron chi connectivity index (χ3n) is 4.63. The van der Waals surface area contributed by atoms with E-state index in [1.807, 2.05) is 24.8 Å². The second-order valence-corrected chi connectivity index (χ2v) is 8.77. The Morgan fingerprint density at radius 3 is 2.30 bits per heavy atom. The first-order chi connectivity index (χ1) is 12.8. The zero-order chi connectivity index (χ0) is 19.6. The van der Waals surface area contributed by atoms with Crippen molar-refractivity contribution in [3.63, 3.8) is 0 Å². The van der Waals surface area contributed by atoms with Gasteiger partial charge < -0.3 is 5.32 Å². The molecule has 1 saturated heterocycles. The summed E-state index contributed by atoms with van der Waals surface area (Å²) in [5, 5.41) is 7.04. The largest absolute Gasteiger partial charge is 0.310 e. The number of carbonyl (C=O) groups is 1. The zero-order valence-corrected chi connectivity index (χ0v) is 16.7. The number of aryl methyl sites for hydroxylation is 3. The number of anilines is 1. The average Bonchev–Trinajstić information content (AvgIpc) is 2.92. The van der Waals surface area contributed by atoms with Crippen LogP contribution in [-0.2, 0) is 21.9 Å². The Kier molecular flexibility index (Phi) is 5.64. The maximum atomic E-state index is 12.7. The van der Waals surface area contributed by atoms with Gasteiger partial charge in [0.2, 0.25) is 15.9 Å². The second-order valence-electron chi connectivity index (χ2n) is 6.84. The number of hydrogen-bond donors (Lipinski definition) is 1. The molecule has 0 atom stereocenters. The molecular weight excluding hydrogens is 366 g/mol. The highest BCUT2D eigenvalue weighted by Gasteiger charge is 2.29. The van der Waals surface area contributed by atoms with Crippen molar-refractivity contribution in [3.05, 3.63) is 41.6 Å². The smallest absolute Gasteiger partial charge is 0.243 e. The molecule has 0 bridgehead atoms. The molecule has 1 aromatic heterocycles. The summed E-state index contributed by atoms with van der Waals surface area (Å²) < 4.78 is 28.6. The van der Waals surface area contributed by atoms with E-state index in [1.54, 1.807) is 36.0 Å². The number of benzene rings is 1. The third-order valence-corrected chi connectivity index (χ3v) is 6.54. The lowest BCUT2D eigenvalue weighted by Crippen LogP contribution is -2.50. The summed E-state index contributed by atoms with van der Waals surface area (Å²) in [6.45, 7) is 5.79. The molecule has 9 heteroatoms.